The second-order valence-corrected chi connectivity index (χ2v) is 6.86. The van der Waals surface area contributed by atoms with Crippen LogP contribution >= 0.6 is 0 Å². The second-order valence-electron chi connectivity index (χ2n) is 6.86. The second kappa shape index (κ2) is 8.40. The van der Waals surface area contributed by atoms with E-state index in [0.29, 0.717) is 13.2 Å². The topological polar surface area (TPSA) is 79.9 Å². The van der Waals surface area contributed by atoms with E-state index in [-0.39, 0.29) is 24.5 Å². The van der Waals surface area contributed by atoms with Gasteiger partial charge in [-0.3, -0.25) is 15.0 Å². The highest BCUT2D eigenvalue weighted by Crippen LogP contribution is 2.37. The van der Waals surface area contributed by atoms with Gasteiger partial charge in [-0.2, -0.15) is 0 Å². The molecule has 2 atom stereocenters. The molecule has 1 saturated heterocycles. The monoisotopic (exact) mass is 361 g/mol. The molecule has 2 aliphatic rings. The van der Waals surface area contributed by atoms with Crippen molar-refractivity contribution in [2.45, 2.75) is 45.2 Å². The van der Waals surface area contributed by atoms with Crippen LogP contribution < -0.4 is 20.1 Å². The molecule has 2 N–H and O–H groups in total. The van der Waals surface area contributed by atoms with Crippen molar-refractivity contribution in [3.63, 3.8) is 0 Å². The molecule has 1 aromatic carbocycles. The number of rotatable bonds is 5. The molecule has 26 heavy (non-hydrogen) atoms. The van der Waals surface area contributed by atoms with Gasteiger partial charge in [0.2, 0.25) is 5.91 Å². The summed E-state index contributed by atoms with van der Waals surface area (Å²) < 4.78 is 11.2. The first-order valence-electron chi connectivity index (χ1n) is 9.30. The zero-order chi connectivity index (χ0) is 18.5. The lowest BCUT2D eigenvalue weighted by Crippen LogP contribution is -2.46. The molecule has 0 bridgehead atoms. The van der Waals surface area contributed by atoms with E-state index < -0.39 is 6.03 Å². The third kappa shape index (κ3) is 4.46. The fourth-order valence-corrected chi connectivity index (χ4v) is 3.37. The van der Waals surface area contributed by atoms with E-state index in [1.807, 2.05) is 32.0 Å². The van der Waals surface area contributed by atoms with Gasteiger partial charge in [0.1, 0.15) is 13.2 Å². The highest BCUT2D eigenvalue weighted by atomic mass is 16.6. The highest BCUT2D eigenvalue weighted by molar-refractivity contribution is 5.95. The molecule has 142 valence electrons. The number of fused-ring (bicyclic) bond motifs is 1. The molecule has 0 radical (unpaired) electrons. The van der Waals surface area contributed by atoms with Gasteiger partial charge in [0.05, 0.1) is 6.54 Å². The minimum Gasteiger partial charge on any atom is -0.486 e. The molecule has 1 aromatic rings. The summed E-state index contributed by atoms with van der Waals surface area (Å²) in [5.41, 5.74) is 1.11. The first-order valence-corrected chi connectivity index (χ1v) is 9.30. The molecule has 0 spiro atoms. The quantitative estimate of drug-likeness (QED) is 0.841. The molecule has 2 heterocycles. The third-order valence-corrected chi connectivity index (χ3v) is 4.90. The van der Waals surface area contributed by atoms with Crippen molar-refractivity contribution >= 4 is 11.9 Å². The number of benzene rings is 1. The fourth-order valence-electron chi connectivity index (χ4n) is 3.37. The van der Waals surface area contributed by atoms with E-state index in [1.165, 1.54) is 0 Å². The number of amides is 3. The van der Waals surface area contributed by atoms with Crippen LogP contribution in [0.5, 0.6) is 11.5 Å². The summed E-state index contributed by atoms with van der Waals surface area (Å²) in [5, 5.41) is 5.16. The Morgan fingerprint density at radius 1 is 1.27 bits per heavy atom. The molecular formula is C19H27N3O4. The zero-order valence-electron chi connectivity index (χ0n) is 15.4. The maximum atomic E-state index is 12.2. The van der Waals surface area contributed by atoms with E-state index in [9.17, 15) is 9.59 Å². The molecule has 3 amide bonds. The smallest absolute Gasteiger partial charge is 0.321 e. The predicted molar refractivity (Wildman–Crippen MR) is 97.4 cm³/mol. The van der Waals surface area contributed by atoms with Gasteiger partial charge in [-0.25, -0.2) is 4.79 Å². The lowest BCUT2D eigenvalue weighted by molar-refractivity contribution is -0.121. The molecule has 0 saturated carbocycles. The molecule has 3 rings (SSSR count). The fraction of sp³-hybridized carbons (Fsp3) is 0.579. The van der Waals surface area contributed by atoms with Crippen molar-refractivity contribution in [3.8, 4) is 11.5 Å². The van der Waals surface area contributed by atoms with E-state index in [2.05, 4.69) is 15.5 Å². The SMILES string of the molecule is CC[C@@H](C)NC(=O)NC(=O)CN1CCC[C@@H]1c1ccc2c(c1)OCCO2. The van der Waals surface area contributed by atoms with Crippen molar-refractivity contribution in [2.75, 3.05) is 26.3 Å². The molecule has 7 heteroatoms. The Hall–Kier alpha value is -2.28. The minimum absolute atomic E-state index is 0.0417. The van der Waals surface area contributed by atoms with Crippen LogP contribution in [-0.2, 0) is 4.79 Å². The molecule has 0 aliphatic carbocycles. The Labute approximate surface area is 154 Å². The lowest BCUT2D eigenvalue weighted by Gasteiger charge is -2.26. The van der Waals surface area contributed by atoms with E-state index in [1.54, 1.807) is 0 Å². The number of carbonyl (C=O) groups excluding carboxylic acids is 2. The van der Waals surface area contributed by atoms with Crippen LogP contribution in [-0.4, -0.2) is 49.2 Å². The van der Waals surface area contributed by atoms with Gasteiger partial charge in [0.15, 0.2) is 11.5 Å². The van der Waals surface area contributed by atoms with Gasteiger partial charge < -0.3 is 14.8 Å². The maximum absolute atomic E-state index is 12.2. The Morgan fingerprint density at radius 3 is 2.81 bits per heavy atom. The number of ether oxygens (including phenoxy) is 2. The summed E-state index contributed by atoms with van der Waals surface area (Å²) in [4.78, 5) is 26.2. The van der Waals surface area contributed by atoms with Crippen LogP contribution in [0.15, 0.2) is 18.2 Å². The van der Waals surface area contributed by atoms with Crippen LogP contribution in [0.3, 0.4) is 0 Å². The first-order chi connectivity index (χ1) is 12.6. The van der Waals surface area contributed by atoms with Crippen LogP contribution in [0.1, 0.15) is 44.7 Å². The third-order valence-electron chi connectivity index (χ3n) is 4.90. The molecule has 7 nitrogen and oxygen atoms in total. The summed E-state index contributed by atoms with van der Waals surface area (Å²) in [5.74, 6) is 1.25. The summed E-state index contributed by atoms with van der Waals surface area (Å²) in [6.07, 6.45) is 2.82. The Balaban J connectivity index is 1.60. The maximum Gasteiger partial charge on any atom is 0.321 e. The normalized spacial score (nSPS) is 20.5. The van der Waals surface area contributed by atoms with Gasteiger partial charge in [-0.15, -0.1) is 0 Å². The lowest BCUT2D eigenvalue weighted by atomic mass is 10.0. The number of nitrogens with zero attached hydrogens (tertiary/aromatic N) is 1. The van der Waals surface area contributed by atoms with Crippen LogP contribution in [0, 0.1) is 0 Å². The van der Waals surface area contributed by atoms with Gasteiger partial charge >= 0.3 is 6.03 Å². The number of nitrogens with one attached hydrogen (secondary N) is 2. The summed E-state index contributed by atoms with van der Waals surface area (Å²) >= 11 is 0. The largest absolute Gasteiger partial charge is 0.486 e. The Morgan fingerprint density at radius 2 is 2.04 bits per heavy atom. The predicted octanol–water partition coefficient (Wildman–Crippen LogP) is 2.22. The zero-order valence-corrected chi connectivity index (χ0v) is 15.4. The number of urea groups is 1. The minimum atomic E-state index is -0.431. The summed E-state index contributed by atoms with van der Waals surface area (Å²) in [7, 11) is 0. The van der Waals surface area contributed by atoms with Crippen LogP contribution in [0.4, 0.5) is 4.79 Å². The molecule has 1 fully saturated rings. The van der Waals surface area contributed by atoms with Crippen molar-refractivity contribution in [2.24, 2.45) is 0 Å². The average molecular weight is 361 g/mol. The summed E-state index contributed by atoms with van der Waals surface area (Å²) in [6.45, 7) is 6.04. The molecule has 2 aliphatic heterocycles. The van der Waals surface area contributed by atoms with Gasteiger partial charge in [0, 0.05) is 12.1 Å². The molecule has 0 aromatic heterocycles. The van der Waals surface area contributed by atoms with E-state index in [0.717, 1.165) is 42.9 Å². The molecular weight excluding hydrogens is 334 g/mol. The van der Waals surface area contributed by atoms with Crippen molar-refractivity contribution < 1.29 is 19.1 Å². The van der Waals surface area contributed by atoms with E-state index >= 15 is 0 Å². The number of hydrogen-bond donors (Lipinski definition) is 2. The molecule has 0 unspecified atom stereocenters. The van der Waals surface area contributed by atoms with Crippen molar-refractivity contribution in [1.82, 2.24) is 15.5 Å². The standard InChI is InChI=1S/C19H27N3O4/c1-3-13(2)20-19(24)21-18(23)12-22-8-4-5-15(22)14-6-7-16-17(11-14)26-10-9-25-16/h6-7,11,13,15H,3-5,8-10,12H2,1-2H3,(H2,20,21,23,24)/t13-,15-/m1/s1. The van der Waals surface area contributed by atoms with E-state index in [4.69, 9.17) is 9.47 Å². The van der Waals surface area contributed by atoms with Crippen LogP contribution in [0.25, 0.3) is 0 Å². The van der Waals surface area contributed by atoms with Crippen molar-refractivity contribution in [1.29, 1.82) is 0 Å². The number of carbonyl (C=O) groups is 2. The Kier molecular flexibility index (Phi) is 5.98. The Bertz CT molecular complexity index is 664. The van der Waals surface area contributed by atoms with Gasteiger partial charge in [-0.1, -0.05) is 13.0 Å². The number of hydrogen-bond acceptors (Lipinski definition) is 5. The summed E-state index contributed by atoms with van der Waals surface area (Å²) in [6, 6.07) is 5.73. The number of imide groups is 1. The van der Waals surface area contributed by atoms with Gasteiger partial charge in [-0.05, 0) is 50.4 Å². The van der Waals surface area contributed by atoms with Gasteiger partial charge in [0.25, 0.3) is 0 Å². The number of likely N-dealkylation sites (tertiary alicyclic amines) is 1. The average Bonchev–Trinajstić information content (AvgIpc) is 3.08. The first kappa shape index (κ1) is 18.5. The highest BCUT2D eigenvalue weighted by Gasteiger charge is 2.29. The van der Waals surface area contributed by atoms with Crippen LogP contribution in [0.2, 0.25) is 0 Å². The van der Waals surface area contributed by atoms with Crippen molar-refractivity contribution in [3.05, 3.63) is 23.8 Å².